The molecule has 118 valence electrons. The highest BCUT2D eigenvalue weighted by molar-refractivity contribution is 6.30. The summed E-state index contributed by atoms with van der Waals surface area (Å²) < 4.78 is 1.94. The number of rotatable bonds is 4. The van der Waals surface area contributed by atoms with E-state index < -0.39 is 0 Å². The van der Waals surface area contributed by atoms with E-state index in [1.807, 2.05) is 28.9 Å². The topological polar surface area (TPSA) is 33.1 Å². The van der Waals surface area contributed by atoms with Crippen LogP contribution in [0.15, 0.2) is 30.5 Å². The van der Waals surface area contributed by atoms with Crippen LogP contribution in [-0.4, -0.2) is 40.9 Å². The van der Waals surface area contributed by atoms with Gasteiger partial charge in [-0.2, -0.15) is 5.10 Å². The molecule has 4 nitrogen and oxygen atoms in total. The molecule has 1 saturated heterocycles. The van der Waals surface area contributed by atoms with Crippen LogP contribution in [0.5, 0.6) is 0 Å². The van der Waals surface area contributed by atoms with E-state index in [4.69, 9.17) is 11.6 Å². The van der Waals surface area contributed by atoms with Gasteiger partial charge < -0.3 is 5.32 Å². The van der Waals surface area contributed by atoms with Gasteiger partial charge in [-0.25, -0.2) is 4.68 Å². The third kappa shape index (κ3) is 3.51. The second kappa shape index (κ2) is 6.82. The summed E-state index contributed by atoms with van der Waals surface area (Å²) in [6, 6.07) is 8.40. The Morgan fingerprint density at radius 3 is 2.82 bits per heavy atom. The zero-order valence-corrected chi connectivity index (χ0v) is 14.0. The van der Waals surface area contributed by atoms with Crippen molar-refractivity contribution < 1.29 is 0 Å². The molecule has 3 rings (SSSR count). The van der Waals surface area contributed by atoms with Gasteiger partial charge >= 0.3 is 0 Å². The minimum absolute atomic E-state index is 0.611. The molecule has 0 bridgehead atoms. The summed E-state index contributed by atoms with van der Waals surface area (Å²) in [5.41, 5.74) is 3.44. The number of likely N-dealkylation sites (N-methyl/N-ethyl adjacent to an activating group) is 1. The molecule has 0 saturated carbocycles. The van der Waals surface area contributed by atoms with Crippen molar-refractivity contribution in [2.75, 3.05) is 20.1 Å². The molecule has 1 aliphatic heterocycles. The molecule has 1 fully saturated rings. The Morgan fingerprint density at radius 1 is 1.32 bits per heavy atom. The monoisotopic (exact) mass is 318 g/mol. The third-order valence-electron chi connectivity index (χ3n) is 4.40. The number of hydrogen-bond acceptors (Lipinski definition) is 3. The van der Waals surface area contributed by atoms with Gasteiger partial charge in [0.1, 0.15) is 0 Å². The highest BCUT2D eigenvalue weighted by atomic mass is 35.5. The summed E-state index contributed by atoms with van der Waals surface area (Å²) in [7, 11) is 2.05. The van der Waals surface area contributed by atoms with Crippen LogP contribution >= 0.6 is 11.6 Å². The number of aryl methyl sites for hydroxylation is 1. The van der Waals surface area contributed by atoms with Gasteiger partial charge in [-0.05, 0) is 57.6 Å². The SMILES string of the molecule is CNC1CCCN(Cc2cn(-c3ccc(Cl)cc3)nc2C)C1. The Morgan fingerprint density at radius 2 is 2.09 bits per heavy atom. The predicted molar refractivity (Wildman–Crippen MR) is 90.7 cm³/mol. The van der Waals surface area contributed by atoms with Gasteiger partial charge in [-0.1, -0.05) is 11.6 Å². The highest BCUT2D eigenvalue weighted by Gasteiger charge is 2.19. The smallest absolute Gasteiger partial charge is 0.0646 e. The van der Waals surface area contributed by atoms with Crippen LogP contribution in [0.3, 0.4) is 0 Å². The van der Waals surface area contributed by atoms with Gasteiger partial charge in [-0.15, -0.1) is 0 Å². The lowest BCUT2D eigenvalue weighted by molar-refractivity contribution is 0.187. The number of halogens is 1. The lowest BCUT2D eigenvalue weighted by atomic mass is 10.1. The minimum Gasteiger partial charge on any atom is -0.316 e. The molecule has 1 N–H and O–H groups in total. The number of likely N-dealkylation sites (tertiary alicyclic amines) is 1. The van der Waals surface area contributed by atoms with Crippen molar-refractivity contribution in [3.8, 4) is 5.69 Å². The third-order valence-corrected chi connectivity index (χ3v) is 4.65. The molecule has 2 heterocycles. The largest absolute Gasteiger partial charge is 0.316 e. The molecule has 0 radical (unpaired) electrons. The van der Waals surface area contributed by atoms with Gasteiger partial charge in [0.2, 0.25) is 0 Å². The second-order valence-corrected chi connectivity index (χ2v) is 6.46. The standard InChI is InChI=1S/C17H23ClN4/c1-13-14(10-21-9-3-4-16(12-21)19-2)11-22(20-13)17-7-5-15(18)6-8-17/h5-8,11,16,19H,3-4,9-10,12H2,1-2H3. The van der Waals surface area contributed by atoms with Crippen LogP contribution in [0.4, 0.5) is 0 Å². The fraction of sp³-hybridized carbons (Fsp3) is 0.471. The van der Waals surface area contributed by atoms with Crippen LogP contribution in [0.2, 0.25) is 5.02 Å². The number of nitrogens with zero attached hydrogens (tertiary/aromatic N) is 3. The van der Waals surface area contributed by atoms with Crippen molar-refractivity contribution in [3.63, 3.8) is 0 Å². The zero-order valence-electron chi connectivity index (χ0n) is 13.2. The van der Waals surface area contributed by atoms with Gasteiger partial charge in [0.25, 0.3) is 0 Å². The van der Waals surface area contributed by atoms with Crippen LogP contribution in [0.1, 0.15) is 24.1 Å². The average Bonchev–Trinajstić information content (AvgIpc) is 2.89. The van der Waals surface area contributed by atoms with E-state index >= 15 is 0 Å². The van der Waals surface area contributed by atoms with Crippen LogP contribution in [0.25, 0.3) is 5.69 Å². The zero-order chi connectivity index (χ0) is 15.5. The van der Waals surface area contributed by atoms with E-state index in [2.05, 4.69) is 35.5 Å². The molecule has 0 spiro atoms. The minimum atomic E-state index is 0.611. The van der Waals surface area contributed by atoms with E-state index in [1.54, 1.807) is 0 Å². The normalized spacial score (nSPS) is 19.5. The number of nitrogens with one attached hydrogen (secondary N) is 1. The lowest BCUT2D eigenvalue weighted by Gasteiger charge is -2.32. The van der Waals surface area contributed by atoms with Gasteiger partial charge in [0.15, 0.2) is 0 Å². The molecule has 1 aromatic heterocycles. The first kappa shape index (κ1) is 15.5. The maximum absolute atomic E-state index is 5.95. The summed E-state index contributed by atoms with van der Waals surface area (Å²) in [6.07, 6.45) is 4.67. The summed E-state index contributed by atoms with van der Waals surface area (Å²) in [5, 5.41) is 8.79. The molecule has 5 heteroatoms. The van der Waals surface area contributed by atoms with Crippen molar-refractivity contribution in [1.29, 1.82) is 0 Å². The summed E-state index contributed by atoms with van der Waals surface area (Å²) in [5.74, 6) is 0. The first-order chi connectivity index (χ1) is 10.7. The van der Waals surface area contributed by atoms with Crippen molar-refractivity contribution in [3.05, 3.63) is 46.7 Å². The Kier molecular flexibility index (Phi) is 4.81. The molecule has 0 aliphatic carbocycles. The summed E-state index contributed by atoms with van der Waals surface area (Å²) in [4.78, 5) is 2.51. The van der Waals surface area contributed by atoms with Gasteiger partial charge in [0.05, 0.1) is 11.4 Å². The molecule has 22 heavy (non-hydrogen) atoms. The first-order valence-corrected chi connectivity index (χ1v) is 8.24. The van der Waals surface area contributed by atoms with Crippen LogP contribution < -0.4 is 5.32 Å². The first-order valence-electron chi connectivity index (χ1n) is 7.86. The molecule has 0 amide bonds. The quantitative estimate of drug-likeness (QED) is 0.940. The summed E-state index contributed by atoms with van der Waals surface area (Å²) in [6.45, 7) is 5.34. The van der Waals surface area contributed by atoms with Crippen molar-refractivity contribution in [2.24, 2.45) is 0 Å². The maximum atomic E-state index is 5.95. The van der Waals surface area contributed by atoms with Gasteiger partial charge in [-0.3, -0.25) is 4.90 Å². The molecule has 2 aromatic rings. The van der Waals surface area contributed by atoms with Crippen LogP contribution in [0, 0.1) is 6.92 Å². The van der Waals surface area contributed by atoms with E-state index in [0.717, 1.165) is 29.5 Å². The van der Waals surface area contributed by atoms with Crippen LogP contribution in [-0.2, 0) is 6.54 Å². The fourth-order valence-electron chi connectivity index (χ4n) is 3.05. The van der Waals surface area contributed by atoms with Crippen molar-refractivity contribution in [1.82, 2.24) is 20.0 Å². The molecular formula is C17H23ClN4. The van der Waals surface area contributed by atoms with E-state index in [-0.39, 0.29) is 0 Å². The van der Waals surface area contributed by atoms with Crippen molar-refractivity contribution in [2.45, 2.75) is 32.4 Å². The molecule has 1 aliphatic rings. The maximum Gasteiger partial charge on any atom is 0.0646 e. The van der Waals surface area contributed by atoms with E-state index in [1.165, 1.54) is 24.9 Å². The number of benzene rings is 1. The Bertz CT molecular complexity index is 620. The molecule has 1 aromatic carbocycles. The Labute approximate surface area is 137 Å². The Balaban J connectivity index is 1.73. The lowest BCUT2D eigenvalue weighted by Crippen LogP contribution is -2.43. The van der Waals surface area contributed by atoms with Crippen molar-refractivity contribution >= 4 is 11.6 Å². The number of hydrogen-bond donors (Lipinski definition) is 1. The fourth-order valence-corrected chi connectivity index (χ4v) is 3.18. The number of aromatic nitrogens is 2. The highest BCUT2D eigenvalue weighted by Crippen LogP contribution is 2.18. The molecule has 1 atom stereocenters. The van der Waals surface area contributed by atoms with E-state index in [9.17, 15) is 0 Å². The van der Waals surface area contributed by atoms with E-state index in [0.29, 0.717) is 6.04 Å². The average molecular weight is 319 g/mol. The molecular weight excluding hydrogens is 296 g/mol. The second-order valence-electron chi connectivity index (χ2n) is 6.02. The van der Waals surface area contributed by atoms with Gasteiger partial charge in [0, 0.05) is 35.9 Å². The Hall–Kier alpha value is -1.36. The predicted octanol–water partition coefficient (Wildman–Crippen LogP) is 3.02. The summed E-state index contributed by atoms with van der Waals surface area (Å²) >= 11 is 5.95. The molecule has 1 unspecified atom stereocenters. The number of piperidine rings is 1.